The lowest BCUT2D eigenvalue weighted by molar-refractivity contribution is -0.137. The number of hydrogen-bond donors (Lipinski definition) is 1. The van der Waals surface area contributed by atoms with Gasteiger partial charge in [0.05, 0.1) is 17.4 Å². The molecule has 0 amide bonds. The Hall–Kier alpha value is -2.72. The van der Waals surface area contributed by atoms with Gasteiger partial charge in [0.2, 0.25) is 0 Å². The molecular formula is C26H31F3N6O. The highest BCUT2D eigenvalue weighted by Gasteiger charge is 2.43. The standard InChI is InChI=1S/C26H31F3N6O/c1-34-24-3-2-17(8-18(24)12-30-34)23-11-22(26(27,28)29)25(33-32-23)31-21-9-19-14-35(15-20(19)10-21)13-16-4-6-36-7-5-16/h2-3,8,11-12,16,19-21H,4-7,9-10,13-15H2,1H3,(H,31,33)/t19-,20+,21-. The van der Waals surface area contributed by atoms with E-state index in [1.165, 1.54) is 0 Å². The minimum atomic E-state index is -4.53. The Bertz CT molecular complexity index is 1220. The molecule has 4 heterocycles. The summed E-state index contributed by atoms with van der Waals surface area (Å²) in [5, 5.41) is 16.4. The normalized spacial score (nSPS) is 25.5. The molecule has 2 aromatic heterocycles. The lowest BCUT2D eigenvalue weighted by atomic mass is 10.00. The highest BCUT2D eigenvalue weighted by atomic mass is 19.4. The van der Waals surface area contributed by atoms with Crippen LogP contribution in [-0.2, 0) is 18.0 Å². The molecule has 7 nitrogen and oxygen atoms in total. The molecule has 6 rings (SSSR count). The largest absolute Gasteiger partial charge is 0.420 e. The van der Waals surface area contributed by atoms with Crippen molar-refractivity contribution in [3.63, 3.8) is 0 Å². The molecular weight excluding hydrogens is 469 g/mol. The third kappa shape index (κ3) is 4.68. The van der Waals surface area contributed by atoms with Crippen molar-refractivity contribution in [1.82, 2.24) is 24.9 Å². The maximum absolute atomic E-state index is 14.0. The summed E-state index contributed by atoms with van der Waals surface area (Å²) in [4.78, 5) is 2.55. The maximum atomic E-state index is 14.0. The molecule has 0 radical (unpaired) electrons. The van der Waals surface area contributed by atoms with Gasteiger partial charge in [0, 0.05) is 56.9 Å². The Morgan fingerprint density at radius 1 is 1.06 bits per heavy atom. The Balaban J connectivity index is 1.15. The average Bonchev–Trinajstić information content (AvgIpc) is 3.52. The van der Waals surface area contributed by atoms with Gasteiger partial charge in [-0.3, -0.25) is 4.68 Å². The third-order valence-electron chi connectivity index (χ3n) is 8.17. The monoisotopic (exact) mass is 500 g/mol. The van der Waals surface area contributed by atoms with Gasteiger partial charge in [0.15, 0.2) is 5.82 Å². The molecule has 1 saturated carbocycles. The van der Waals surface area contributed by atoms with Crippen LogP contribution in [-0.4, -0.2) is 63.8 Å². The molecule has 10 heteroatoms. The van der Waals surface area contributed by atoms with Crippen LogP contribution in [0.25, 0.3) is 22.2 Å². The number of ether oxygens (including phenoxy) is 1. The van der Waals surface area contributed by atoms with Crippen molar-refractivity contribution in [2.45, 2.75) is 37.9 Å². The summed E-state index contributed by atoms with van der Waals surface area (Å²) in [5.41, 5.74) is 0.918. The van der Waals surface area contributed by atoms with Crippen LogP contribution >= 0.6 is 0 Å². The first-order valence-corrected chi connectivity index (χ1v) is 12.8. The summed E-state index contributed by atoms with van der Waals surface area (Å²) in [6, 6.07) is 6.48. The summed E-state index contributed by atoms with van der Waals surface area (Å²) in [5.74, 6) is 1.58. The Labute approximate surface area is 208 Å². The number of nitrogens with zero attached hydrogens (tertiary/aromatic N) is 5. The van der Waals surface area contributed by atoms with Crippen LogP contribution in [0.3, 0.4) is 0 Å². The number of alkyl halides is 3. The van der Waals surface area contributed by atoms with E-state index in [9.17, 15) is 13.2 Å². The highest BCUT2D eigenvalue weighted by molar-refractivity contribution is 5.84. The molecule has 2 aliphatic heterocycles. The van der Waals surface area contributed by atoms with Gasteiger partial charge < -0.3 is 15.0 Å². The highest BCUT2D eigenvalue weighted by Crippen LogP contribution is 2.42. The Kier molecular flexibility index (Phi) is 6.11. The molecule has 2 saturated heterocycles. The first-order valence-electron chi connectivity index (χ1n) is 12.8. The zero-order chi connectivity index (χ0) is 24.9. The summed E-state index contributed by atoms with van der Waals surface area (Å²) < 4.78 is 49.3. The molecule has 1 N–H and O–H groups in total. The first kappa shape index (κ1) is 23.7. The van der Waals surface area contributed by atoms with Crippen LogP contribution in [0.5, 0.6) is 0 Å². The molecule has 36 heavy (non-hydrogen) atoms. The minimum absolute atomic E-state index is 0.0155. The molecule has 0 bridgehead atoms. The van der Waals surface area contributed by atoms with Gasteiger partial charge in [-0.1, -0.05) is 6.07 Å². The molecule has 192 valence electrons. The second-order valence-electron chi connectivity index (χ2n) is 10.6. The summed E-state index contributed by atoms with van der Waals surface area (Å²) >= 11 is 0. The smallest absolute Gasteiger partial charge is 0.381 e. The van der Waals surface area contributed by atoms with Gasteiger partial charge in [-0.25, -0.2) is 0 Å². The summed E-state index contributed by atoms with van der Waals surface area (Å²) in [6.45, 7) is 4.90. The lowest BCUT2D eigenvalue weighted by Crippen LogP contribution is -2.32. The van der Waals surface area contributed by atoms with Gasteiger partial charge in [0.1, 0.15) is 5.56 Å². The van der Waals surface area contributed by atoms with Crippen LogP contribution in [0.15, 0.2) is 30.5 Å². The minimum Gasteiger partial charge on any atom is -0.381 e. The van der Waals surface area contributed by atoms with Crippen molar-refractivity contribution in [2.75, 3.05) is 38.2 Å². The third-order valence-corrected chi connectivity index (χ3v) is 8.17. The van der Waals surface area contributed by atoms with E-state index in [1.807, 2.05) is 13.1 Å². The van der Waals surface area contributed by atoms with Crippen molar-refractivity contribution < 1.29 is 17.9 Å². The predicted molar refractivity (Wildman–Crippen MR) is 130 cm³/mol. The van der Waals surface area contributed by atoms with E-state index >= 15 is 0 Å². The van der Waals surface area contributed by atoms with Gasteiger partial charge >= 0.3 is 6.18 Å². The fraction of sp³-hybridized carbons (Fsp3) is 0.577. The van der Waals surface area contributed by atoms with E-state index in [-0.39, 0.29) is 17.6 Å². The fourth-order valence-corrected chi connectivity index (χ4v) is 6.33. The topological polar surface area (TPSA) is 68.1 Å². The number of likely N-dealkylation sites (tertiary alicyclic amines) is 1. The lowest BCUT2D eigenvalue weighted by Gasteiger charge is -2.28. The van der Waals surface area contributed by atoms with Crippen molar-refractivity contribution in [2.24, 2.45) is 24.8 Å². The van der Waals surface area contributed by atoms with Crippen molar-refractivity contribution in [3.05, 3.63) is 36.0 Å². The summed E-state index contributed by atoms with van der Waals surface area (Å²) in [6.07, 6.45) is 1.15. The van der Waals surface area contributed by atoms with Crippen molar-refractivity contribution in [3.8, 4) is 11.3 Å². The first-order chi connectivity index (χ1) is 17.3. The zero-order valence-corrected chi connectivity index (χ0v) is 20.3. The van der Waals surface area contributed by atoms with E-state index < -0.39 is 11.7 Å². The van der Waals surface area contributed by atoms with E-state index in [0.717, 1.165) is 75.5 Å². The van der Waals surface area contributed by atoms with Crippen LogP contribution in [0.4, 0.5) is 19.0 Å². The molecule has 0 spiro atoms. The predicted octanol–water partition coefficient (Wildman–Crippen LogP) is 4.60. The molecule has 3 atom stereocenters. The molecule has 3 fully saturated rings. The number of halogens is 3. The quantitative estimate of drug-likeness (QED) is 0.553. The molecule has 3 aliphatic rings. The van der Waals surface area contributed by atoms with E-state index in [2.05, 4.69) is 25.5 Å². The molecule has 1 aromatic carbocycles. The zero-order valence-electron chi connectivity index (χ0n) is 20.3. The Morgan fingerprint density at radius 2 is 1.81 bits per heavy atom. The number of aromatic nitrogens is 4. The van der Waals surface area contributed by atoms with E-state index in [1.54, 1.807) is 23.0 Å². The number of rotatable bonds is 5. The average molecular weight is 501 g/mol. The number of anilines is 1. The molecule has 0 unspecified atom stereocenters. The van der Waals surface area contributed by atoms with E-state index in [4.69, 9.17) is 4.74 Å². The van der Waals surface area contributed by atoms with Crippen molar-refractivity contribution >= 4 is 16.7 Å². The SMILES string of the molecule is Cn1ncc2cc(-c3cc(C(F)(F)F)c(N[C@@H]4C[C@@H]5CN(CC6CCOCC6)C[C@@H]5C4)nn3)ccc21. The Morgan fingerprint density at radius 3 is 2.53 bits per heavy atom. The maximum Gasteiger partial charge on any atom is 0.420 e. The number of nitrogens with one attached hydrogen (secondary N) is 1. The molecule has 3 aromatic rings. The second-order valence-corrected chi connectivity index (χ2v) is 10.6. The van der Waals surface area contributed by atoms with Gasteiger partial charge in [0.25, 0.3) is 0 Å². The van der Waals surface area contributed by atoms with Crippen molar-refractivity contribution in [1.29, 1.82) is 0 Å². The number of hydrogen-bond acceptors (Lipinski definition) is 6. The van der Waals surface area contributed by atoms with E-state index in [0.29, 0.717) is 23.3 Å². The fourth-order valence-electron chi connectivity index (χ4n) is 6.33. The van der Waals surface area contributed by atoms with Crippen LogP contribution in [0.1, 0.15) is 31.2 Å². The van der Waals surface area contributed by atoms with Crippen LogP contribution < -0.4 is 5.32 Å². The number of benzene rings is 1. The van der Waals surface area contributed by atoms with Gasteiger partial charge in [-0.2, -0.15) is 18.3 Å². The number of aryl methyl sites for hydroxylation is 1. The second kappa shape index (κ2) is 9.30. The molecule has 1 aliphatic carbocycles. The van der Waals surface area contributed by atoms with Crippen LogP contribution in [0.2, 0.25) is 0 Å². The van der Waals surface area contributed by atoms with Gasteiger partial charge in [-0.15, -0.1) is 10.2 Å². The summed E-state index contributed by atoms with van der Waals surface area (Å²) in [7, 11) is 1.82. The van der Waals surface area contributed by atoms with Crippen LogP contribution in [0, 0.1) is 17.8 Å². The number of fused-ring (bicyclic) bond motifs is 2. The van der Waals surface area contributed by atoms with Gasteiger partial charge in [-0.05, 0) is 61.6 Å².